The Labute approximate surface area is 227 Å². The fourth-order valence-corrected chi connectivity index (χ4v) is 5.55. The smallest absolute Gasteiger partial charge is 0.350 e. The van der Waals surface area contributed by atoms with Crippen molar-refractivity contribution in [2.75, 3.05) is 13.1 Å². The average Bonchev–Trinajstić information content (AvgIpc) is 2.76. The molecule has 184 valence electrons. The number of ether oxygens (including phenoxy) is 2. The van der Waals surface area contributed by atoms with Crippen molar-refractivity contribution in [1.82, 2.24) is 4.90 Å². The van der Waals surface area contributed by atoms with E-state index in [4.69, 9.17) is 9.47 Å². The molecule has 9 heteroatoms. The second kappa shape index (κ2) is 10.6. The minimum absolute atomic E-state index is 0.125. The van der Waals surface area contributed by atoms with E-state index in [1.54, 1.807) is 62.9 Å². The van der Waals surface area contributed by atoms with Gasteiger partial charge in [-0.2, -0.15) is 0 Å². The van der Waals surface area contributed by atoms with Gasteiger partial charge in [-0.25, -0.2) is 4.79 Å². The number of carbonyl (C=O) groups is 2. The Balaban J connectivity index is 1.70. The molecule has 0 aromatic heterocycles. The number of hydrogen-bond acceptors (Lipinski definition) is 6. The van der Waals surface area contributed by atoms with Crippen molar-refractivity contribution < 1.29 is 29.3 Å². The summed E-state index contributed by atoms with van der Waals surface area (Å²) in [6, 6.07) is 10.4. The summed E-state index contributed by atoms with van der Waals surface area (Å²) in [6.07, 6.45) is 0.490. The summed E-state index contributed by atoms with van der Waals surface area (Å²) in [5.74, 6) is 0.0502. The Morgan fingerprint density at radius 1 is 1.09 bits per heavy atom. The summed E-state index contributed by atoms with van der Waals surface area (Å²) in [7, 11) is 0. The van der Waals surface area contributed by atoms with Gasteiger partial charge in [0.25, 0.3) is 5.91 Å². The first-order chi connectivity index (χ1) is 15.8. The van der Waals surface area contributed by atoms with Crippen LogP contribution in [0.1, 0.15) is 56.5 Å². The second-order valence-corrected chi connectivity index (χ2v) is 11.5. The van der Waals surface area contributed by atoms with Gasteiger partial charge in [0.1, 0.15) is 11.5 Å². The Kier molecular flexibility index (Phi) is 8.39. The molecule has 0 radical (unpaired) electrons. The molecule has 0 saturated carbocycles. The molecule has 1 amide bonds. The zero-order valence-corrected chi connectivity index (χ0v) is 23.9. The minimum atomic E-state index is -1.18. The van der Waals surface area contributed by atoms with Crippen LogP contribution >= 0.6 is 45.2 Å². The molecule has 1 saturated heterocycles. The number of halogens is 2. The number of amides is 1. The number of nitrogens with zero attached hydrogens (tertiary/aromatic N) is 1. The number of phenols is 1. The number of rotatable bonds is 6. The Morgan fingerprint density at radius 3 is 2.24 bits per heavy atom. The third kappa shape index (κ3) is 6.14. The number of benzene rings is 2. The topological polar surface area (TPSA) is 96.3 Å². The number of carbonyl (C=O) groups excluding carboxylic acids is 2. The monoisotopic (exact) mass is 693 g/mol. The van der Waals surface area contributed by atoms with Gasteiger partial charge in [0.05, 0.1) is 18.8 Å². The molecule has 34 heavy (non-hydrogen) atoms. The molecule has 1 aliphatic heterocycles. The molecule has 3 rings (SSSR count). The first-order valence-corrected chi connectivity index (χ1v) is 13.2. The highest BCUT2D eigenvalue weighted by Crippen LogP contribution is 2.36. The summed E-state index contributed by atoms with van der Waals surface area (Å²) in [5.41, 5.74) is -1.10. The molecule has 0 unspecified atom stereocenters. The van der Waals surface area contributed by atoms with Crippen LogP contribution in [-0.4, -0.2) is 51.8 Å². The maximum absolute atomic E-state index is 13.0. The van der Waals surface area contributed by atoms with Crippen LogP contribution in [0, 0.1) is 7.14 Å². The lowest BCUT2D eigenvalue weighted by atomic mass is 9.84. The SMILES string of the molecule is CC(C)OC(=O)C(C)(C)Oc1cccc(C2(O)CCN(C(=O)c3cc(I)c(O)c(I)c3)CC2)c1. The molecule has 0 aliphatic carbocycles. The van der Waals surface area contributed by atoms with Crippen LogP contribution in [0.3, 0.4) is 0 Å². The first-order valence-electron chi connectivity index (χ1n) is 11.0. The van der Waals surface area contributed by atoms with Gasteiger partial charge in [0, 0.05) is 18.7 Å². The quantitative estimate of drug-likeness (QED) is 0.333. The highest BCUT2D eigenvalue weighted by atomic mass is 127. The standard InChI is InChI=1S/C25H29I2NO6/c1-15(2)33-23(31)24(3,4)34-18-7-5-6-17(14-18)25(32)8-10-28(11-9-25)22(30)16-12-19(26)21(29)20(27)13-16/h5-7,12-15,29,32H,8-11H2,1-4H3. The predicted molar refractivity (Wildman–Crippen MR) is 145 cm³/mol. The lowest BCUT2D eigenvalue weighted by Crippen LogP contribution is -2.45. The Hall–Kier alpha value is -1.60. The molecular weight excluding hydrogens is 664 g/mol. The second-order valence-electron chi connectivity index (χ2n) is 9.21. The zero-order chi connectivity index (χ0) is 25.3. The molecule has 0 spiro atoms. The third-order valence-corrected chi connectivity index (χ3v) is 7.36. The van der Waals surface area contributed by atoms with Crippen LogP contribution in [0.5, 0.6) is 11.5 Å². The maximum Gasteiger partial charge on any atom is 0.350 e. The van der Waals surface area contributed by atoms with Crippen LogP contribution in [0.15, 0.2) is 36.4 Å². The van der Waals surface area contributed by atoms with Crippen molar-refractivity contribution in [3.05, 3.63) is 54.7 Å². The average molecular weight is 693 g/mol. The highest BCUT2D eigenvalue weighted by molar-refractivity contribution is 14.1. The van der Waals surface area contributed by atoms with E-state index in [-0.39, 0.29) is 17.8 Å². The number of esters is 1. The molecule has 7 nitrogen and oxygen atoms in total. The molecule has 2 aromatic rings. The predicted octanol–water partition coefficient (Wildman–Crippen LogP) is 4.83. The lowest BCUT2D eigenvalue weighted by Gasteiger charge is -2.39. The summed E-state index contributed by atoms with van der Waals surface area (Å²) >= 11 is 4.02. The summed E-state index contributed by atoms with van der Waals surface area (Å²) in [6.45, 7) is 7.64. The molecule has 0 bridgehead atoms. The van der Waals surface area contributed by atoms with Crippen molar-refractivity contribution in [1.29, 1.82) is 0 Å². The highest BCUT2D eigenvalue weighted by Gasteiger charge is 2.37. The third-order valence-electron chi connectivity index (χ3n) is 5.72. The van der Waals surface area contributed by atoms with E-state index < -0.39 is 17.2 Å². The van der Waals surface area contributed by atoms with Gasteiger partial charge in [-0.3, -0.25) is 4.79 Å². The lowest BCUT2D eigenvalue weighted by molar-refractivity contribution is -0.163. The van der Waals surface area contributed by atoms with Gasteiger partial charge in [0.2, 0.25) is 0 Å². The van der Waals surface area contributed by atoms with E-state index in [2.05, 4.69) is 0 Å². The van der Waals surface area contributed by atoms with Gasteiger partial charge < -0.3 is 24.6 Å². The Bertz CT molecular complexity index is 1050. The number of likely N-dealkylation sites (tertiary alicyclic amines) is 1. The van der Waals surface area contributed by atoms with Crippen molar-refractivity contribution in [2.24, 2.45) is 0 Å². The number of aromatic hydroxyl groups is 1. The summed E-state index contributed by atoms with van der Waals surface area (Å²) in [4.78, 5) is 27.1. The van der Waals surface area contributed by atoms with Crippen molar-refractivity contribution >= 4 is 57.1 Å². The van der Waals surface area contributed by atoms with Gasteiger partial charge in [-0.05, 0) is 116 Å². The molecule has 2 aromatic carbocycles. The largest absolute Gasteiger partial charge is 0.506 e. The summed E-state index contributed by atoms with van der Waals surface area (Å²) in [5, 5.41) is 21.3. The van der Waals surface area contributed by atoms with Crippen LogP contribution < -0.4 is 4.74 Å². The van der Waals surface area contributed by atoms with Crippen LogP contribution in [0.2, 0.25) is 0 Å². The normalized spacial score (nSPS) is 15.8. The van der Waals surface area contributed by atoms with Crippen molar-refractivity contribution in [3.8, 4) is 11.5 Å². The summed E-state index contributed by atoms with van der Waals surface area (Å²) < 4.78 is 12.4. The van der Waals surface area contributed by atoms with Crippen LogP contribution in [-0.2, 0) is 15.1 Å². The van der Waals surface area contributed by atoms with E-state index >= 15 is 0 Å². The van der Waals surface area contributed by atoms with E-state index in [1.807, 2.05) is 51.2 Å². The van der Waals surface area contributed by atoms with Crippen molar-refractivity contribution in [2.45, 2.75) is 57.8 Å². The van der Waals surface area contributed by atoms with Crippen molar-refractivity contribution in [3.63, 3.8) is 0 Å². The fourth-order valence-electron chi connectivity index (χ4n) is 3.78. The maximum atomic E-state index is 13.0. The molecule has 1 aliphatic rings. The Morgan fingerprint density at radius 2 is 1.68 bits per heavy atom. The van der Waals surface area contributed by atoms with Gasteiger partial charge >= 0.3 is 5.97 Å². The van der Waals surface area contributed by atoms with E-state index in [0.717, 1.165) is 0 Å². The number of piperidine rings is 1. The number of hydrogen-bond donors (Lipinski definition) is 2. The van der Waals surface area contributed by atoms with Gasteiger partial charge in [-0.15, -0.1) is 0 Å². The van der Waals surface area contributed by atoms with Crippen LogP contribution in [0.25, 0.3) is 0 Å². The van der Waals surface area contributed by atoms with E-state index in [0.29, 0.717) is 49.9 Å². The molecule has 2 N–H and O–H groups in total. The number of phenolic OH excluding ortho intramolecular Hbond substituents is 1. The fraction of sp³-hybridized carbons (Fsp3) is 0.440. The van der Waals surface area contributed by atoms with E-state index in [1.165, 1.54) is 0 Å². The molecular formula is C25H29I2NO6. The minimum Gasteiger partial charge on any atom is -0.506 e. The first kappa shape index (κ1) is 27.0. The zero-order valence-electron chi connectivity index (χ0n) is 19.6. The number of aliphatic hydroxyl groups is 1. The van der Waals surface area contributed by atoms with E-state index in [9.17, 15) is 19.8 Å². The van der Waals surface area contributed by atoms with Crippen LogP contribution in [0.4, 0.5) is 0 Å². The molecule has 1 fully saturated rings. The molecule has 1 heterocycles. The van der Waals surface area contributed by atoms with Gasteiger partial charge in [0.15, 0.2) is 5.60 Å². The van der Waals surface area contributed by atoms with Gasteiger partial charge in [-0.1, -0.05) is 12.1 Å². The molecule has 0 atom stereocenters.